The second-order valence-electron chi connectivity index (χ2n) is 12.1. The van der Waals surface area contributed by atoms with Crippen molar-refractivity contribution in [3.05, 3.63) is 70.8 Å². The summed E-state index contributed by atoms with van der Waals surface area (Å²) in [7, 11) is -4.93. The number of fused-ring (bicyclic) bond motifs is 8. The summed E-state index contributed by atoms with van der Waals surface area (Å²) in [5.41, 5.74) is 8.21. The highest BCUT2D eigenvalue weighted by atomic mass is 28.5. The molecule has 0 saturated heterocycles. The summed E-state index contributed by atoms with van der Waals surface area (Å²) < 4.78 is 0.672. The van der Waals surface area contributed by atoms with Crippen LogP contribution in [-0.2, 0) is 0 Å². The molecule has 0 unspecified atom stereocenters. The van der Waals surface area contributed by atoms with E-state index in [1.54, 1.807) is 22.3 Å². The summed E-state index contributed by atoms with van der Waals surface area (Å²) in [6.07, 6.45) is 0. The molecule has 0 fully saturated rings. The third kappa shape index (κ3) is 2.44. The zero-order chi connectivity index (χ0) is 20.7. The van der Waals surface area contributed by atoms with Gasteiger partial charge < -0.3 is 0 Å². The third-order valence-corrected chi connectivity index (χ3v) is 40.6. The fourth-order valence-electron chi connectivity index (χ4n) is 8.35. The van der Waals surface area contributed by atoms with Crippen molar-refractivity contribution in [3.63, 3.8) is 0 Å². The van der Waals surface area contributed by atoms with Gasteiger partial charge in [-0.25, -0.2) is 0 Å². The monoisotopic (exact) mass is 437 g/mol. The Labute approximate surface area is 177 Å². The Balaban J connectivity index is 2.08. The van der Waals surface area contributed by atoms with Gasteiger partial charge in [0.15, 0.2) is 0 Å². The number of rotatable bonds is 4. The van der Waals surface area contributed by atoms with Gasteiger partial charge in [0.05, 0.1) is 8.80 Å². The fourth-order valence-corrected chi connectivity index (χ4v) is 51.9. The first kappa shape index (κ1) is 20.6. The molecule has 2 heterocycles. The Morgan fingerprint density at radius 3 is 1.00 bits per heavy atom. The van der Waals surface area contributed by atoms with Crippen LogP contribution in [0.3, 0.4) is 0 Å². The molecule has 0 saturated carbocycles. The summed E-state index contributed by atoms with van der Waals surface area (Å²) >= 11 is 0. The van der Waals surface area contributed by atoms with Gasteiger partial charge in [0.25, 0.3) is 0 Å². The lowest BCUT2D eigenvalue weighted by Gasteiger charge is -2.63. The number of hydrogen-bond donors (Lipinski definition) is 0. The minimum absolute atomic E-state index is 0.655. The van der Waals surface area contributed by atoms with Gasteiger partial charge in [-0.2, -0.15) is 0 Å². The molecule has 0 aromatic heterocycles. The van der Waals surface area contributed by atoms with Gasteiger partial charge in [-0.1, -0.05) is 107 Å². The lowest BCUT2D eigenvalue weighted by Crippen LogP contribution is -2.73. The SMILES string of the molecule is C[Si](C)(C)C([Si]1C2c3ccccc3C1c1ccccc12)([Si](C)(C)C)[Si](C)(C)C. The van der Waals surface area contributed by atoms with E-state index in [2.05, 4.69) is 107 Å². The van der Waals surface area contributed by atoms with Gasteiger partial charge in [0.1, 0.15) is 0 Å². The van der Waals surface area contributed by atoms with E-state index in [1.165, 1.54) is 0 Å². The van der Waals surface area contributed by atoms with E-state index in [4.69, 9.17) is 0 Å². The molecule has 28 heavy (non-hydrogen) atoms. The summed E-state index contributed by atoms with van der Waals surface area (Å²) in [6.45, 7) is 24.6. The summed E-state index contributed by atoms with van der Waals surface area (Å²) in [5, 5.41) is 0. The molecule has 2 aliphatic heterocycles. The highest BCUT2D eigenvalue weighted by molar-refractivity contribution is 7.26. The molecule has 2 bridgehead atoms. The van der Waals surface area contributed by atoms with Gasteiger partial charge in [-0.15, -0.1) is 0 Å². The van der Waals surface area contributed by atoms with Crippen molar-refractivity contribution in [2.45, 2.75) is 73.9 Å². The fraction of sp³-hybridized carbons (Fsp3) is 0.500. The molecule has 4 heteroatoms. The minimum Gasteiger partial charge on any atom is -0.0698 e. The topological polar surface area (TPSA) is 0 Å². The van der Waals surface area contributed by atoms with Crippen molar-refractivity contribution in [1.82, 2.24) is 0 Å². The van der Waals surface area contributed by atoms with Crippen LogP contribution < -0.4 is 0 Å². The Bertz CT molecular complexity index is 778. The highest BCUT2D eigenvalue weighted by Crippen LogP contribution is 2.68. The van der Waals surface area contributed by atoms with Crippen LogP contribution in [0.25, 0.3) is 0 Å². The Morgan fingerprint density at radius 1 is 0.536 bits per heavy atom. The van der Waals surface area contributed by atoms with E-state index in [1.807, 2.05) is 0 Å². The maximum absolute atomic E-state index is 2.73. The molecular formula is C24H37Si4. The zero-order valence-corrected chi connectivity index (χ0v) is 23.3. The quantitative estimate of drug-likeness (QED) is 0.443. The molecule has 0 atom stereocenters. The molecule has 0 aliphatic carbocycles. The Hall–Kier alpha value is -0.692. The predicted molar refractivity (Wildman–Crippen MR) is 135 cm³/mol. The normalized spacial score (nSPS) is 22.3. The molecule has 4 rings (SSSR count). The van der Waals surface area contributed by atoms with Gasteiger partial charge in [0, 0.05) is 35.3 Å². The van der Waals surface area contributed by atoms with Crippen LogP contribution in [-0.4, -0.2) is 33.0 Å². The van der Waals surface area contributed by atoms with E-state index in [9.17, 15) is 0 Å². The van der Waals surface area contributed by atoms with E-state index >= 15 is 0 Å². The van der Waals surface area contributed by atoms with Crippen LogP contribution in [0, 0.1) is 0 Å². The summed E-state index contributed by atoms with van der Waals surface area (Å²) in [5.74, 6) is 0. The van der Waals surface area contributed by atoms with E-state index in [0.717, 1.165) is 0 Å². The molecular weight excluding hydrogens is 401 g/mol. The molecule has 0 amide bonds. The van der Waals surface area contributed by atoms with Crippen molar-refractivity contribution in [1.29, 1.82) is 0 Å². The third-order valence-electron chi connectivity index (χ3n) is 7.67. The molecule has 2 aromatic rings. The Kier molecular flexibility index (Phi) is 4.53. The maximum atomic E-state index is 2.73. The van der Waals surface area contributed by atoms with E-state index in [-0.39, 0.29) is 0 Å². The Morgan fingerprint density at radius 2 is 0.786 bits per heavy atom. The summed E-state index contributed by atoms with van der Waals surface area (Å²) in [4.78, 5) is 0. The molecule has 149 valence electrons. The van der Waals surface area contributed by atoms with Crippen LogP contribution in [0.1, 0.15) is 33.3 Å². The highest BCUT2D eigenvalue weighted by Gasteiger charge is 2.70. The second kappa shape index (κ2) is 6.16. The first-order valence-electron chi connectivity index (χ1n) is 10.9. The largest absolute Gasteiger partial charge is 0.0741 e. The first-order valence-corrected chi connectivity index (χ1v) is 23.0. The molecule has 0 spiro atoms. The van der Waals surface area contributed by atoms with Gasteiger partial charge in [0.2, 0.25) is 0 Å². The van der Waals surface area contributed by atoms with E-state index < -0.39 is 33.0 Å². The summed E-state index contributed by atoms with van der Waals surface area (Å²) in [6, 6.07) is 19.1. The van der Waals surface area contributed by atoms with Crippen molar-refractivity contribution in [2.75, 3.05) is 0 Å². The van der Waals surface area contributed by atoms with Crippen molar-refractivity contribution < 1.29 is 0 Å². The molecule has 0 N–H and O–H groups in total. The number of hydrogen-bond acceptors (Lipinski definition) is 0. The zero-order valence-electron chi connectivity index (χ0n) is 19.3. The lowest BCUT2D eigenvalue weighted by molar-refractivity contribution is 1.04. The van der Waals surface area contributed by atoms with Gasteiger partial charge in [-0.05, 0) is 26.2 Å². The molecule has 2 aromatic carbocycles. The van der Waals surface area contributed by atoms with Gasteiger partial charge in [-0.3, -0.25) is 0 Å². The predicted octanol–water partition coefficient (Wildman–Crippen LogP) is 7.22. The molecule has 1 radical (unpaired) electrons. The van der Waals surface area contributed by atoms with Gasteiger partial charge >= 0.3 is 0 Å². The average Bonchev–Trinajstić information content (AvgIpc) is 3.03. The standard InChI is InChI=1S/C24H37Si4/c1-26(2,3)24(27(4,5)6,28(7,8)9)25-22-18-14-10-11-15-19(18)23(25)21-17-13-12-16-20(21)22/h10-17,22-23H,1-9H3. The maximum Gasteiger partial charge on any atom is 0.0741 e. The minimum atomic E-state index is -1.43. The van der Waals surface area contributed by atoms with Crippen LogP contribution in [0.4, 0.5) is 0 Å². The van der Waals surface area contributed by atoms with Crippen LogP contribution in [0.5, 0.6) is 0 Å². The second-order valence-corrected chi connectivity index (χ2v) is 33.6. The van der Waals surface area contributed by atoms with Crippen molar-refractivity contribution in [3.8, 4) is 0 Å². The van der Waals surface area contributed by atoms with Crippen molar-refractivity contribution in [2.24, 2.45) is 0 Å². The van der Waals surface area contributed by atoms with E-state index in [0.29, 0.717) is 15.0 Å². The molecule has 0 nitrogen and oxygen atoms in total. The van der Waals surface area contributed by atoms with Crippen LogP contribution in [0.15, 0.2) is 48.5 Å². The smallest absolute Gasteiger partial charge is 0.0698 e. The molecule has 2 aliphatic rings. The average molecular weight is 438 g/mol. The first-order chi connectivity index (χ1) is 12.8. The van der Waals surface area contributed by atoms with Crippen LogP contribution >= 0.6 is 0 Å². The van der Waals surface area contributed by atoms with Crippen LogP contribution in [0.2, 0.25) is 62.8 Å². The number of benzene rings is 2. The lowest BCUT2D eigenvalue weighted by atomic mass is 9.86. The van der Waals surface area contributed by atoms with Crippen molar-refractivity contribution >= 4 is 33.0 Å².